The number of hydrogen-bond donors (Lipinski definition) is 3. The number of halogens is 1. The van der Waals surface area contributed by atoms with Crippen LogP contribution in [0.15, 0.2) is 29.3 Å². The van der Waals surface area contributed by atoms with Crippen molar-refractivity contribution in [2.45, 2.75) is 39.7 Å². The van der Waals surface area contributed by atoms with Gasteiger partial charge >= 0.3 is 0 Å². The van der Waals surface area contributed by atoms with E-state index in [1.807, 2.05) is 6.92 Å². The smallest absolute Gasteiger partial charge is 0.222 e. The zero-order valence-corrected chi connectivity index (χ0v) is 21.8. The van der Waals surface area contributed by atoms with Gasteiger partial charge in [0.15, 0.2) is 15.8 Å². The van der Waals surface area contributed by atoms with Crippen molar-refractivity contribution >= 4 is 51.4 Å². The molecule has 176 valence electrons. The number of hydrogen-bond acceptors (Lipinski definition) is 5. The second kappa shape index (κ2) is 13.8. The van der Waals surface area contributed by atoms with Crippen LogP contribution in [0.1, 0.15) is 32.3 Å². The van der Waals surface area contributed by atoms with Crippen LogP contribution >= 0.6 is 24.0 Å². The van der Waals surface area contributed by atoms with E-state index in [4.69, 9.17) is 0 Å². The highest BCUT2D eigenvalue weighted by molar-refractivity contribution is 14.0. The van der Waals surface area contributed by atoms with Gasteiger partial charge in [0.2, 0.25) is 5.91 Å². The molecule has 1 unspecified atom stereocenters. The van der Waals surface area contributed by atoms with Crippen molar-refractivity contribution in [2.24, 2.45) is 4.99 Å². The molecule has 0 aliphatic carbocycles. The maximum absolute atomic E-state index is 12.1. The van der Waals surface area contributed by atoms with E-state index in [2.05, 4.69) is 64.0 Å². The van der Waals surface area contributed by atoms with Crippen molar-refractivity contribution in [3.05, 3.63) is 29.8 Å². The Balaban J connectivity index is 0.00000480. The molecule has 1 fully saturated rings. The van der Waals surface area contributed by atoms with E-state index in [-0.39, 0.29) is 53.9 Å². The molecular weight excluding hydrogens is 529 g/mol. The van der Waals surface area contributed by atoms with Crippen LogP contribution in [0.2, 0.25) is 0 Å². The quantitative estimate of drug-likeness (QED) is 0.227. The second-order valence-electron chi connectivity index (χ2n) is 7.52. The van der Waals surface area contributed by atoms with Gasteiger partial charge < -0.3 is 20.9 Å². The molecule has 1 saturated heterocycles. The van der Waals surface area contributed by atoms with Gasteiger partial charge in [-0.25, -0.2) is 8.42 Å². The first-order valence-corrected chi connectivity index (χ1v) is 12.5. The van der Waals surface area contributed by atoms with Crippen LogP contribution < -0.4 is 20.9 Å². The molecule has 0 aromatic heterocycles. The number of benzene rings is 1. The first-order valence-electron chi connectivity index (χ1n) is 10.7. The summed E-state index contributed by atoms with van der Waals surface area (Å²) in [6, 6.07) is 8.19. The van der Waals surface area contributed by atoms with Crippen LogP contribution in [0.5, 0.6) is 0 Å². The molecule has 0 saturated carbocycles. The summed E-state index contributed by atoms with van der Waals surface area (Å²) >= 11 is 0. The normalized spacial score (nSPS) is 17.5. The first-order chi connectivity index (χ1) is 14.3. The third kappa shape index (κ3) is 10.1. The predicted molar refractivity (Wildman–Crippen MR) is 138 cm³/mol. The van der Waals surface area contributed by atoms with Crippen molar-refractivity contribution < 1.29 is 13.2 Å². The lowest BCUT2D eigenvalue weighted by molar-refractivity contribution is -0.121. The molecule has 3 N–H and O–H groups in total. The molecule has 0 radical (unpaired) electrons. The van der Waals surface area contributed by atoms with Gasteiger partial charge in [-0.2, -0.15) is 0 Å². The minimum absolute atomic E-state index is 0. The Hall–Kier alpha value is -1.56. The number of sulfone groups is 1. The number of aryl methyl sites for hydroxylation is 1. The summed E-state index contributed by atoms with van der Waals surface area (Å²) in [6.45, 7) is 9.76. The van der Waals surface area contributed by atoms with Gasteiger partial charge in [0.05, 0.1) is 18.1 Å². The topological polar surface area (TPSA) is 103 Å². The third-order valence-corrected chi connectivity index (χ3v) is 6.74. The minimum atomic E-state index is -2.99. The van der Waals surface area contributed by atoms with Crippen molar-refractivity contribution in [3.63, 3.8) is 0 Å². The van der Waals surface area contributed by atoms with Crippen LogP contribution in [0.25, 0.3) is 0 Å². The number of carbonyl (C=O) groups is 1. The number of guanidine groups is 1. The fourth-order valence-electron chi connectivity index (χ4n) is 3.42. The average molecular weight is 566 g/mol. The fraction of sp³-hybridized carbons (Fsp3) is 0.619. The largest absolute Gasteiger partial charge is 0.370 e. The lowest BCUT2D eigenvalue weighted by atomic mass is 10.2. The summed E-state index contributed by atoms with van der Waals surface area (Å²) in [5.41, 5.74) is 2.44. The molecule has 1 aromatic carbocycles. The van der Waals surface area contributed by atoms with Gasteiger partial charge in [-0.15, -0.1) is 24.0 Å². The predicted octanol–water partition coefficient (Wildman–Crippen LogP) is 1.69. The molecule has 0 spiro atoms. The first kappa shape index (κ1) is 27.5. The highest BCUT2D eigenvalue weighted by atomic mass is 127. The number of likely N-dealkylation sites (N-methyl/N-ethyl adjacent to an activating group) is 1. The molecule has 1 aromatic rings. The number of anilines is 1. The highest BCUT2D eigenvalue weighted by Crippen LogP contribution is 2.15. The second-order valence-corrected chi connectivity index (χ2v) is 9.75. The fourth-order valence-corrected chi connectivity index (χ4v) is 5.10. The van der Waals surface area contributed by atoms with E-state index in [1.54, 1.807) is 0 Å². The number of carbonyl (C=O) groups excluding carboxylic acids is 1. The Kier molecular flexibility index (Phi) is 12.2. The summed E-state index contributed by atoms with van der Waals surface area (Å²) in [4.78, 5) is 18.8. The summed E-state index contributed by atoms with van der Waals surface area (Å²) in [5.74, 6) is 0.713. The number of nitrogens with one attached hydrogen (secondary N) is 3. The van der Waals surface area contributed by atoms with Gasteiger partial charge in [-0.05, 0) is 44.9 Å². The Morgan fingerprint density at radius 3 is 2.65 bits per heavy atom. The summed E-state index contributed by atoms with van der Waals surface area (Å²) in [5, 5.41) is 9.30. The molecule has 1 aliphatic heterocycles. The van der Waals surface area contributed by atoms with Crippen LogP contribution in [0, 0.1) is 6.92 Å². The van der Waals surface area contributed by atoms with Gasteiger partial charge in [0.25, 0.3) is 0 Å². The Morgan fingerprint density at radius 1 is 1.26 bits per heavy atom. The van der Waals surface area contributed by atoms with Crippen molar-refractivity contribution in [3.8, 4) is 0 Å². The van der Waals surface area contributed by atoms with Crippen LogP contribution in [-0.2, 0) is 14.6 Å². The molecule has 1 amide bonds. The summed E-state index contributed by atoms with van der Waals surface area (Å²) in [6.07, 6.45) is 0.730. The zero-order chi connectivity index (χ0) is 22.0. The zero-order valence-electron chi connectivity index (χ0n) is 18.7. The number of rotatable bonds is 10. The molecule has 1 atom stereocenters. The van der Waals surface area contributed by atoms with Gasteiger partial charge in [-0.3, -0.25) is 9.79 Å². The van der Waals surface area contributed by atoms with Crippen LogP contribution in [-0.4, -0.2) is 70.6 Å². The van der Waals surface area contributed by atoms with Gasteiger partial charge in [-0.1, -0.05) is 12.1 Å². The van der Waals surface area contributed by atoms with Crippen LogP contribution in [0.4, 0.5) is 5.69 Å². The van der Waals surface area contributed by atoms with Gasteiger partial charge in [0.1, 0.15) is 0 Å². The van der Waals surface area contributed by atoms with E-state index in [9.17, 15) is 13.2 Å². The Bertz CT molecular complexity index is 832. The maximum atomic E-state index is 12.1. The number of nitrogens with zero attached hydrogens (tertiary/aromatic N) is 2. The molecule has 10 heteroatoms. The molecule has 1 aliphatic rings. The molecule has 0 bridgehead atoms. The molecular formula is C21H36IN5O3S. The minimum Gasteiger partial charge on any atom is -0.370 e. The van der Waals surface area contributed by atoms with Crippen LogP contribution in [0.3, 0.4) is 0 Å². The maximum Gasteiger partial charge on any atom is 0.222 e. The average Bonchev–Trinajstić information content (AvgIpc) is 3.03. The molecule has 8 nitrogen and oxygen atoms in total. The summed E-state index contributed by atoms with van der Waals surface area (Å²) < 4.78 is 23.0. The van der Waals surface area contributed by atoms with E-state index in [0.29, 0.717) is 18.9 Å². The van der Waals surface area contributed by atoms with Crippen molar-refractivity contribution in [1.82, 2.24) is 16.0 Å². The van der Waals surface area contributed by atoms with E-state index < -0.39 is 9.84 Å². The highest BCUT2D eigenvalue weighted by Gasteiger charge is 2.28. The Labute approximate surface area is 203 Å². The number of aliphatic imine (C=N–C) groups is 1. The third-order valence-electron chi connectivity index (χ3n) is 4.97. The lowest BCUT2D eigenvalue weighted by Gasteiger charge is -2.24. The van der Waals surface area contributed by atoms with E-state index >= 15 is 0 Å². The molecule has 31 heavy (non-hydrogen) atoms. The number of amides is 1. The van der Waals surface area contributed by atoms with Crippen molar-refractivity contribution in [1.29, 1.82) is 0 Å². The molecule has 1 heterocycles. The lowest BCUT2D eigenvalue weighted by Crippen LogP contribution is -2.42. The van der Waals surface area contributed by atoms with Gasteiger partial charge in [0, 0.05) is 44.3 Å². The standard InChI is InChI=1S/C21H35N5O3S.HI/c1-4-22-21(23-11-9-20(27)25-18-10-14-30(28,29)16-18)24-12-13-26(5-2)19-8-6-7-17(3)15-19;/h6-8,15,18H,4-5,9-14,16H2,1-3H3,(H,25,27)(H2,22,23,24);1H. The molecule has 2 rings (SSSR count). The van der Waals surface area contributed by atoms with E-state index in [0.717, 1.165) is 26.2 Å². The van der Waals surface area contributed by atoms with Crippen molar-refractivity contribution in [2.75, 3.05) is 49.1 Å². The van der Waals surface area contributed by atoms with E-state index in [1.165, 1.54) is 11.3 Å². The SMILES string of the molecule is CCNC(=NCCC(=O)NC1CCS(=O)(=O)C1)NCCN(CC)c1cccc(C)c1.I. The Morgan fingerprint density at radius 2 is 2.03 bits per heavy atom. The summed E-state index contributed by atoms with van der Waals surface area (Å²) in [7, 11) is -2.99. The monoisotopic (exact) mass is 565 g/mol.